The molecule has 0 spiro atoms. The average molecular weight is 443 g/mol. The standard InChI is InChI=1S/C25H34N2O5/c1-17(2)23(26-25(29)32-16-20-9-7-18(3)8-10-20)24(28)27(4)14-13-19-11-12-21(30-5)22(15-19)31-6/h7-12,15,17,23H,13-14,16H2,1-6H3,(H,26,29). The van der Waals surface area contributed by atoms with Gasteiger partial charge in [0.05, 0.1) is 14.2 Å². The molecule has 2 aromatic rings. The molecule has 1 atom stereocenters. The zero-order chi connectivity index (χ0) is 23.7. The Morgan fingerprint density at radius 3 is 2.19 bits per heavy atom. The molecule has 0 radical (unpaired) electrons. The Balaban J connectivity index is 1.91. The highest BCUT2D eigenvalue weighted by Crippen LogP contribution is 2.27. The van der Waals surface area contributed by atoms with E-state index in [1.54, 1.807) is 26.2 Å². The molecule has 7 heteroatoms. The third-order valence-electron chi connectivity index (χ3n) is 5.26. The van der Waals surface area contributed by atoms with Crippen molar-refractivity contribution < 1.29 is 23.8 Å². The van der Waals surface area contributed by atoms with Gasteiger partial charge in [-0.05, 0) is 42.5 Å². The van der Waals surface area contributed by atoms with Gasteiger partial charge in [0.2, 0.25) is 5.91 Å². The van der Waals surface area contributed by atoms with E-state index in [-0.39, 0.29) is 18.4 Å². The normalized spacial score (nSPS) is 11.6. The van der Waals surface area contributed by atoms with Crippen molar-refractivity contribution in [2.24, 2.45) is 5.92 Å². The van der Waals surface area contributed by atoms with Crippen molar-refractivity contribution >= 4 is 12.0 Å². The second-order valence-corrected chi connectivity index (χ2v) is 8.13. The summed E-state index contributed by atoms with van der Waals surface area (Å²) in [6.07, 6.45) is 0.0385. The number of hydrogen-bond donors (Lipinski definition) is 1. The fraction of sp³-hybridized carbons (Fsp3) is 0.440. The van der Waals surface area contributed by atoms with Crippen LogP contribution in [-0.2, 0) is 22.6 Å². The van der Waals surface area contributed by atoms with E-state index in [4.69, 9.17) is 14.2 Å². The van der Waals surface area contributed by atoms with Gasteiger partial charge in [-0.1, -0.05) is 49.7 Å². The number of amides is 2. The van der Waals surface area contributed by atoms with Gasteiger partial charge >= 0.3 is 6.09 Å². The molecule has 0 saturated heterocycles. The first kappa shape index (κ1) is 25.0. The first-order valence-corrected chi connectivity index (χ1v) is 10.7. The van der Waals surface area contributed by atoms with E-state index in [9.17, 15) is 9.59 Å². The van der Waals surface area contributed by atoms with Gasteiger partial charge in [-0.3, -0.25) is 4.79 Å². The first-order valence-electron chi connectivity index (χ1n) is 10.7. The molecule has 0 heterocycles. The van der Waals surface area contributed by atoms with Crippen LogP contribution in [0.5, 0.6) is 11.5 Å². The van der Waals surface area contributed by atoms with E-state index in [2.05, 4.69) is 5.32 Å². The number of benzene rings is 2. The lowest BCUT2D eigenvalue weighted by Crippen LogP contribution is -2.50. The van der Waals surface area contributed by atoms with E-state index in [1.165, 1.54) is 0 Å². The number of likely N-dealkylation sites (N-methyl/N-ethyl adjacent to an activating group) is 1. The highest BCUT2D eigenvalue weighted by molar-refractivity contribution is 5.85. The lowest BCUT2D eigenvalue weighted by molar-refractivity contribution is -0.133. The maximum absolute atomic E-state index is 13.0. The molecule has 2 aromatic carbocycles. The Morgan fingerprint density at radius 2 is 1.59 bits per heavy atom. The molecule has 2 amide bonds. The van der Waals surface area contributed by atoms with Crippen LogP contribution in [0.15, 0.2) is 42.5 Å². The molecule has 1 N–H and O–H groups in total. The first-order chi connectivity index (χ1) is 15.2. The fourth-order valence-electron chi connectivity index (χ4n) is 3.20. The second-order valence-electron chi connectivity index (χ2n) is 8.13. The molecule has 0 fully saturated rings. The summed E-state index contributed by atoms with van der Waals surface area (Å²) in [5.74, 6) is 1.07. The number of alkyl carbamates (subject to hydrolysis) is 1. The highest BCUT2D eigenvalue weighted by atomic mass is 16.5. The van der Waals surface area contributed by atoms with Crippen molar-refractivity contribution in [2.75, 3.05) is 27.8 Å². The number of nitrogens with zero attached hydrogens (tertiary/aromatic N) is 1. The lowest BCUT2D eigenvalue weighted by Gasteiger charge is -2.27. The molecule has 1 unspecified atom stereocenters. The summed E-state index contributed by atoms with van der Waals surface area (Å²) in [7, 11) is 4.92. The molecular weight excluding hydrogens is 408 g/mol. The zero-order valence-electron chi connectivity index (χ0n) is 19.8. The summed E-state index contributed by atoms with van der Waals surface area (Å²) >= 11 is 0. The van der Waals surface area contributed by atoms with Crippen molar-refractivity contribution in [3.63, 3.8) is 0 Å². The van der Waals surface area contributed by atoms with Gasteiger partial charge in [-0.15, -0.1) is 0 Å². The van der Waals surface area contributed by atoms with Gasteiger partial charge in [-0.25, -0.2) is 4.79 Å². The van der Waals surface area contributed by atoms with E-state index in [0.717, 1.165) is 16.7 Å². The minimum Gasteiger partial charge on any atom is -0.493 e. The van der Waals surface area contributed by atoms with Gasteiger partial charge < -0.3 is 24.4 Å². The van der Waals surface area contributed by atoms with E-state index in [1.807, 2.05) is 63.2 Å². The Kier molecular flexibility index (Phi) is 9.38. The molecule has 0 aliphatic carbocycles. The molecule has 0 aromatic heterocycles. The number of nitrogens with one attached hydrogen (secondary N) is 1. The number of rotatable bonds is 10. The summed E-state index contributed by atoms with van der Waals surface area (Å²) in [5, 5.41) is 2.72. The van der Waals surface area contributed by atoms with Crippen molar-refractivity contribution in [1.29, 1.82) is 0 Å². The Bertz CT molecular complexity index is 896. The van der Waals surface area contributed by atoms with Crippen LogP contribution in [-0.4, -0.2) is 50.8 Å². The summed E-state index contributed by atoms with van der Waals surface area (Å²) < 4.78 is 15.9. The van der Waals surface area contributed by atoms with Crippen LogP contribution in [0.4, 0.5) is 4.79 Å². The molecule has 0 bridgehead atoms. The van der Waals surface area contributed by atoms with Crippen LogP contribution >= 0.6 is 0 Å². The van der Waals surface area contributed by atoms with Gasteiger partial charge in [0.1, 0.15) is 12.6 Å². The molecule has 0 saturated carbocycles. The Labute approximate surface area is 190 Å². The molecule has 2 rings (SSSR count). The smallest absolute Gasteiger partial charge is 0.408 e. The largest absolute Gasteiger partial charge is 0.493 e. The quantitative estimate of drug-likeness (QED) is 0.603. The van der Waals surface area contributed by atoms with Gasteiger partial charge in [0, 0.05) is 13.6 Å². The molecule has 174 valence electrons. The monoisotopic (exact) mass is 442 g/mol. The highest BCUT2D eigenvalue weighted by Gasteiger charge is 2.27. The predicted molar refractivity (Wildman–Crippen MR) is 124 cm³/mol. The predicted octanol–water partition coefficient (Wildman–Crippen LogP) is 3.96. The number of ether oxygens (including phenoxy) is 3. The SMILES string of the molecule is COc1ccc(CCN(C)C(=O)C(NC(=O)OCc2ccc(C)cc2)C(C)C)cc1OC. The van der Waals surface area contributed by atoms with Crippen molar-refractivity contribution in [3.05, 3.63) is 59.2 Å². The van der Waals surface area contributed by atoms with Crippen LogP contribution in [0.2, 0.25) is 0 Å². The maximum atomic E-state index is 13.0. The number of carbonyl (C=O) groups excluding carboxylic acids is 2. The van der Waals surface area contributed by atoms with E-state index < -0.39 is 12.1 Å². The van der Waals surface area contributed by atoms with E-state index in [0.29, 0.717) is 24.5 Å². The zero-order valence-corrected chi connectivity index (χ0v) is 19.8. The van der Waals surface area contributed by atoms with Crippen LogP contribution < -0.4 is 14.8 Å². The van der Waals surface area contributed by atoms with Crippen LogP contribution in [0.25, 0.3) is 0 Å². The summed E-state index contributed by atoms with van der Waals surface area (Å²) in [6, 6.07) is 12.8. The number of methoxy groups -OCH3 is 2. The minimum atomic E-state index is -0.670. The van der Waals surface area contributed by atoms with Crippen molar-refractivity contribution in [3.8, 4) is 11.5 Å². The number of aryl methyl sites for hydroxylation is 1. The molecule has 0 aliphatic rings. The second kappa shape index (κ2) is 12.0. The topological polar surface area (TPSA) is 77.1 Å². The number of hydrogen-bond acceptors (Lipinski definition) is 5. The third kappa shape index (κ3) is 7.18. The Morgan fingerprint density at radius 1 is 0.969 bits per heavy atom. The maximum Gasteiger partial charge on any atom is 0.408 e. The van der Waals surface area contributed by atoms with Gasteiger partial charge in [-0.2, -0.15) is 0 Å². The van der Waals surface area contributed by atoms with Crippen molar-refractivity contribution in [2.45, 2.75) is 39.8 Å². The van der Waals surface area contributed by atoms with Gasteiger partial charge in [0.25, 0.3) is 0 Å². The fourth-order valence-corrected chi connectivity index (χ4v) is 3.20. The van der Waals surface area contributed by atoms with Crippen LogP contribution in [0.1, 0.15) is 30.5 Å². The van der Waals surface area contributed by atoms with E-state index >= 15 is 0 Å². The van der Waals surface area contributed by atoms with Crippen LogP contribution in [0.3, 0.4) is 0 Å². The molecule has 0 aliphatic heterocycles. The summed E-state index contributed by atoms with van der Waals surface area (Å²) in [6.45, 7) is 6.44. The summed E-state index contributed by atoms with van der Waals surface area (Å²) in [5.41, 5.74) is 3.05. The molecule has 32 heavy (non-hydrogen) atoms. The van der Waals surface area contributed by atoms with Gasteiger partial charge in [0.15, 0.2) is 11.5 Å². The van der Waals surface area contributed by atoms with Crippen molar-refractivity contribution in [1.82, 2.24) is 10.2 Å². The Hall–Kier alpha value is -3.22. The minimum absolute atomic E-state index is 0.0852. The molecule has 7 nitrogen and oxygen atoms in total. The lowest BCUT2D eigenvalue weighted by atomic mass is 10.0. The summed E-state index contributed by atoms with van der Waals surface area (Å²) in [4.78, 5) is 26.9. The average Bonchev–Trinajstić information content (AvgIpc) is 2.79. The van der Waals surface area contributed by atoms with Crippen LogP contribution in [0, 0.1) is 12.8 Å². The third-order valence-corrected chi connectivity index (χ3v) is 5.26. The number of carbonyl (C=O) groups is 2. The molecular formula is C25H34N2O5.